The normalized spacial score (nSPS) is 20.9. The van der Waals surface area contributed by atoms with Gasteiger partial charge >= 0.3 is 12.2 Å². The monoisotopic (exact) mass is 349 g/mol. The van der Waals surface area contributed by atoms with Crippen LogP contribution in [0.15, 0.2) is 0 Å². The molecule has 2 aliphatic rings. The van der Waals surface area contributed by atoms with Crippen LogP contribution in [-0.4, -0.2) is 60.6 Å². The molecule has 0 atom stereocenters. The topological polar surface area (TPSA) is 52.7 Å². The van der Waals surface area contributed by atoms with Gasteiger partial charge in [-0.15, -0.1) is 0 Å². The zero-order valence-electron chi connectivity index (χ0n) is 13.9. The summed E-state index contributed by atoms with van der Waals surface area (Å²) in [7, 11) is 0. The van der Waals surface area contributed by atoms with Crippen molar-refractivity contribution in [2.24, 2.45) is 5.92 Å². The molecule has 2 saturated heterocycles. The average Bonchev–Trinajstić information content (AvgIpc) is 2.75. The quantitative estimate of drug-likeness (QED) is 0.794. The number of nitrogens with one attached hydrogen (secondary N) is 1. The van der Waals surface area contributed by atoms with Gasteiger partial charge in [-0.25, -0.2) is 4.79 Å². The van der Waals surface area contributed by atoms with E-state index < -0.39 is 12.1 Å². The largest absolute Gasteiger partial charge is 0.391 e. The van der Waals surface area contributed by atoms with E-state index in [1.807, 2.05) is 4.90 Å². The fourth-order valence-electron chi connectivity index (χ4n) is 3.26. The molecule has 0 aromatic rings. The SMILES string of the molecule is O=C1CCCCCN1CCCNC(=O)N1CCC(C(F)(F)F)CC1. The van der Waals surface area contributed by atoms with Gasteiger partial charge in [0.25, 0.3) is 0 Å². The molecule has 5 nitrogen and oxygen atoms in total. The Labute approximate surface area is 140 Å². The number of rotatable bonds is 4. The molecule has 2 fully saturated rings. The van der Waals surface area contributed by atoms with Crippen molar-refractivity contribution in [3.05, 3.63) is 0 Å². The van der Waals surface area contributed by atoms with Crippen molar-refractivity contribution in [3.8, 4) is 0 Å². The maximum Gasteiger partial charge on any atom is 0.391 e. The first-order valence-electron chi connectivity index (χ1n) is 8.75. The van der Waals surface area contributed by atoms with Gasteiger partial charge < -0.3 is 15.1 Å². The summed E-state index contributed by atoms with van der Waals surface area (Å²) in [5.41, 5.74) is 0. The van der Waals surface area contributed by atoms with E-state index in [0.717, 1.165) is 25.8 Å². The Morgan fingerprint density at radius 1 is 1.12 bits per heavy atom. The minimum Gasteiger partial charge on any atom is -0.343 e. The summed E-state index contributed by atoms with van der Waals surface area (Å²) in [6, 6.07) is -0.308. The Morgan fingerprint density at radius 2 is 1.83 bits per heavy atom. The van der Waals surface area contributed by atoms with Crippen molar-refractivity contribution in [1.82, 2.24) is 15.1 Å². The number of likely N-dealkylation sites (tertiary alicyclic amines) is 2. The summed E-state index contributed by atoms with van der Waals surface area (Å²) in [6.45, 7) is 2.11. The first kappa shape index (κ1) is 18.9. The van der Waals surface area contributed by atoms with Gasteiger partial charge in [0.2, 0.25) is 5.91 Å². The number of hydrogen-bond donors (Lipinski definition) is 1. The average molecular weight is 349 g/mol. The van der Waals surface area contributed by atoms with E-state index in [1.54, 1.807) is 0 Å². The molecule has 0 radical (unpaired) electrons. The second-order valence-corrected chi connectivity index (χ2v) is 6.58. The van der Waals surface area contributed by atoms with Crippen molar-refractivity contribution in [2.45, 2.75) is 51.1 Å². The van der Waals surface area contributed by atoms with Crippen LogP contribution in [0.4, 0.5) is 18.0 Å². The number of piperidine rings is 1. The van der Waals surface area contributed by atoms with E-state index in [0.29, 0.717) is 25.9 Å². The summed E-state index contributed by atoms with van der Waals surface area (Å²) in [5, 5.41) is 2.74. The second-order valence-electron chi connectivity index (χ2n) is 6.58. The summed E-state index contributed by atoms with van der Waals surface area (Å²) < 4.78 is 37.8. The molecular formula is C16H26F3N3O2. The molecule has 3 amide bonds. The Bertz CT molecular complexity index is 435. The highest BCUT2D eigenvalue weighted by Crippen LogP contribution is 2.33. The first-order chi connectivity index (χ1) is 11.4. The van der Waals surface area contributed by atoms with Crippen molar-refractivity contribution >= 4 is 11.9 Å². The second kappa shape index (κ2) is 8.58. The van der Waals surface area contributed by atoms with E-state index in [1.165, 1.54) is 4.90 Å². The van der Waals surface area contributed by atoms with Gasteiger partial charge in [0.05, 0.1) is 5.92 Å². The van der Waals surface area contributed by atoms with E-state index in [9.17, 15) is 22.8 Å². The smallest absolute Gasteiger partial charge is 0.343 e. The molecule has 1 N–H and O–H groups in total. The van der Waals surface area contributed by atoms with Gasteiger partial charge in [-0.2, -0.15) is 13.2 Å². The molecule has 0 aromatic heterocycles. The Hall–Kier alpha value is -1.47. The van der Waals surface area contributed by atoms with Gasteiger partial charge in [0, 0.05) is 39.1 Å². The van der Waals surface area contributed by atoms with Crippen LogP contribution in [0, 0.1) is 5.92 Å². The lowest BCUT2D eigenvalue weighted by molar-refractivity contribution is -0.183. The number of amides is 3. The first-order valence-corrected chi connectivity index (χ1v) is 8.75. The predicted molar refractivity (Wildman–Crippen MR) is 83.4 cm³/mol. The molecule has 0 unspecified atom stereocenters. The van der Waals surface area contributed by atoms with Gasteiger partial charge in [0.1, 0.15) is 0 Å². The maximum atomic E-state index is 12.6. The molecule has 2 aliphatic heterocycles. The molecule has 0 bridgehead atoms. The maximum absolute atomic E-state index is 12.6. The lowest BCUT2D eigenvalue weighted by Gasteiger charge is -2.33. The number of carbonyl (C=O) groups excluding carboxylic acids is 2. The summed E-state index contributed by atoms with van der Waals surface area (Å²) in [5.74, 6) is -1.12. The Morgan fingerprint density at radius 3 is 2.50 bits per heavy atom. The fourth-order valence-corrected chi connectivity index (χ4v) is 3.26. The lowest BCUT2D eigenvalue weighted by atomic mass is 9.96. The minimum absolute atomic E-state index is 0.0286. The molecule has 24 heavy (non-hydrogen) atoms. The van der Waals surface area contributed by atoms with Crippen molar-refractivity contribution in [1.29, 1.82) is 0 Å². The number of hydrogen-bond acceptors (Lipinski definition) is 2. The van der Waals surface area contributed by atoms with Crippen LogP contribution in [-0.2, 0) is 4.79 Å². The van der Waals surface area contributed by atoms with Crippen LogP contribution in [0.25, 0.3) is 0 Å². The van der Waals surface area contributed by atoms with Crippen LogP contribution in [0.3, 0.4) is 0 Å². The molecule has 0 aliphatic carbocycles. The third-order valence-corrected chi connectivity index (χ3v) is 4.80. The van der Waals surface area contributed by atoms with Crippen LogP contribution in [0.5, 0.6) is 0 Å². The van der Waals surface area contributed by atoms with E-state index in [2.05, 4.69) is 5.32 Å². The van der Waals surface area contributed by atoms with Crippen molar-refractivity contribution in [2.75, 3.05) is 32.7 Å². The molecule has 0 saturated carbocycles. The zero-order valence-corrected chi connectivity index (χ0v) is 13.9. The number of alkyl halides is 3. The molecule has 2 heterocycles. The highest BCUT2D eigenvalue weighted by atomic mass is 19.4. The van der Waals surface area contributed by atoms with Crippen LogP contribution in [0.2, 0.25) is 0 Å². The molecule has 0 spiro atoms. The zero-order chi connectivity index (χ0) is 17.6. The Kier molecular flexibility index (Phi) is 6.74. The molecular weight excluding hydrogens is 323 g/mol. The number of carbonyl (C=O) groups is 2. The molecule has 138 valence electrons. The molecule has 2 rings (SSSR count). The van der Waals surface area contributed by atoms with Crippen LogP contribution >= 0.6 is 0 Å². The van der Waals surface area contributed by atoms with Gasteiger partial charge in [-0.1, -0.05) is 6.42 Å². The lowest BCUT2D eigenvalue weighted by Crippen LogP contribution is -2.47. The standard InChI is InChI=1S/C16H26F3N3O2/c17-16(18,19)13-6-11-22(12-7-13)15(24)20-8-4-10-21-9-3-1-2-5-14(21)23/h13H,1-12H2,(H,20,24). The number of nitrogens with zero attached hydrogens (tertiary/aromatic N) is 2. The predicted octanol–water partition coefficient (Wildman–Crippen LogP) is 2.76. The fraction of sp³-hybridized carbons (Fsp3) is 0.875. The molecule has 0 aromatic carbocycles. The minimum atomic E-state index is -4.16. The van der Waals surface area contributed by atoms with E-state index in [4.69, 9.17) is 0 Å². The number of urea groups is 1. The van der Waals surface area contributed by atoms with Gasteiger partial charge in [-0.05, 0) is 32.1 Å². The van der Waals surface area contributed by atoms with Gasteiger partial charge in [-0.3, -0.25) is 4.79 Å². The molecule has 8 heteroatoms. The highest BCUT2D eigenvalue weighted by molar-refractivity contribution is 5.76. The van der Waals surface area contributed by atoms with E-state index in [-0.39, 0.29) is 37.9 Å². The third-order valence-electron chi connectivity index (χ3n) is 4.80. The highest BCUT2D eigenvalue weighted by Gasteiger charge is 2.41. The van der Waals surface area contributed by atoms with Crippen LogP contribution in [0.1, 0.15) is 44.9 Å². The number of halogens is 3. The van der Waals surface area contributed by atoms with Crippen LogP contribution < -0.4 is 5.32 Å². The van der Waals surface area contributed by atoms with Gasteiger partial charge in [0.15, 0.2) is 0 Å². The summed E-state index contributed by atoms with van der Waals surface area (Å²) in [6.07, 6.45) is 0.0801. The third kappa shape index (κ3) is 5.56. The Balaban J connectivity index is 1.62. The van der Waals surface area contributed by atoms with Crippen molar-refractivity contribution < 1.29 is 22.8 Å². The summed E-state index contributed by atoms with van der Waals surface area (Å²) in [4.78, 5) is 27.1. The summed E-state index contributed by atoms with van der Waals surface area (Å²) >= 11 is 0. The van der Waals surface area contributed by atoms with Crippen molar-refractivity contribution in [3.63, 3.8) is 0 Å². The van der Waals surface area contributed by atoms with E-state index >= 15 is 0 Å².